The van der Waals surface area contributed by atoms with E-state index in [1.165, 1.54) is 11.1 Å². The van der Waals surface area contributed by atoms with Crippen LogP contribution in [-0.4, -0.2) is 4.98 Å². The van der Waals surface area contributed by atoms with Gasteiger partial charge in [0.05, 0.1) is 0 Å². The monoisotopic (exact) mass is 290 g/mol. The summed E-state index contributed by atoms with van der Waals surface area (Å²) in [7, 11) is 0. The van der Waals surface area contributed by atoms with Gasteiger partial charge in [-0.05, 0) is 36.2 Å². The number of pyridine rings is 1. The van der Waals surface area contributed by atoms with Crippen LogP contribution >= 0.6 is 15.9 Å². The number of rotatable bonds is 4. The quantitative estimate of drug-likeness (QED) is 0.929. The number of halogens is 1. The summed E-state index contributed by atoms with van der Waals surface area (Å²) in [5, 5.41) is 3.50. The Labute approximate surface area is 110 Å². The highest BCUT2D eigenvalue weighted by Gasteiger charge is 2.07. The molecule has 2 nitrogen and oxygen atoms in total. The fraction of sp³-hybridized carbons (Fsp3) is 0.214. The minimum Gasteiger partial charge on any atom is -0.306 e. The van der Waals surface area contributed by atoms with E-state index in [1.54, 1.807) is 0 Å². The van der Waals surface area contributed by atoms with Gasteiger partial charge in [-0.1, -0.05) is 34.1 Å². The summed E-state index contributed by atoms with van der Waals surface area (Å²) in [4.78, 5) is 4.01. The molecular weight excluding hydrogens is 276 g/mol. The first-order valence-corrected chi connectivity index (χ1v) is 6.43. The van der Waals surface area contributed by atoms with Crippen LogP contribution in [0.2, 0.25) is 0 Å². The average Bonchev–Trinajstić information content (AvgIpc) is 2.38. The normalized spacial score (nSPS) is 12.4. The van der Waals surface area contributed by atoms with E-state index in [4.69, 9.17) is 0 Å². The Morgan fingerprint density at radius 3 is 2.59 bits per heavy atom. The van der Waals surface area contributed by atoms with Gasteiger partial charge in [-0.15, -0.1) is 0 Å². The third-order valence-electron chi connectivity index (χ3n) is 2.73. The Balaban J connectivity index is 1.99. The molecule has 0 aliphatic rings. The van der Waals surface area contributed by atoms with Crippen molar-refractivity contribution in [2.24, 2.45) is 0 Å². The Morgan fingerprint density at radius 2 is 1.88 bits per heavy atom. The Hall–Kier alpha value is -1.19. The van der Waals surface area contributed by atoms with Crippen LogP contribution in [0.4, 0.5) is 0 Å². The first kappa shape index (κ1) is 12.3. The fourth-order valence-corrected chi connectivity index (χ4v) is 2.34. The molecule has 1 aromatic carbocycles. The summed E-state index contributed by atoms with van der Waals surface area (Å²) in [5.41, 5.74) is 2.53. The molecule has 3 heteroatoms. The highest BCUT2D eigenvalue weighted by atomic mass is 79.9. The molecule has 0 spiro atoms. The second-order valence-electron chi connectivity index (χ2n) is 3.98. The summed E-state index contributed by atoms with van der Waals surface area (Å²) in [6.07, 6.45) is 3.64. The van der Waals surface area contributed by atoms with Gasteiger partial charge >= 0.3 is 0 Å². The number of benzene rings is 1. The Bertz CT molecular complexity index is 471. The van der Waals surface area contributed by atoms with Crippen molar-refractivity contribution in [1.29, 1.82) is 0 Å². The van der Waals surface area contributed by atoms with Crippen LogP contribution in [0.1, 0.15) is 24.1 Å². The first-order valence-electron chi connectivity index (χ1n) is 5.64. The van der Waals surface area contributed by atoms with Crippen LogP contribution in [0.15, 0.2) is 53.3 Å². The second-order valence-corrected chi connectivity index (χ2v) is 4.83. The van der Waals surface area contributed by atoms with Crippen LogP contribution in [-0.2, 0) is 6.54 Å². The molecular formula is C14H15BrN2. The molecule has 2 rings (SSSR count). The van der Waals surface area contributed by atoms with E-state index in [0.717, 1.165) is 11.0 Å². The minimum atomic E-state index is 0.318. The third kappa shape index (κ3) is 3.38. The molecule has 0 saturated heterocycles. The molecule has 0 aliphatic carbocycles. The van der Waals surface area contributed by atoms with E-state index >= 15 is 0 Å². The predicted octanol–water partition coefficient (Wildman–Crippen LogP) is 3.69. The van der Waals surface area contributed by atoms with Crippen molar-refractivity contribution in [2.75, 3.05) is 0 Å². The molecule has 17 heavy (non-hydrogen) atoms. The molecule has 2 aromatic rings. The number of aromatic nitrogens is 1. The standard InChI is InChI=1S/C14H15BrN2/c1-11(13-4-2-3-5-14(13)15)17-10-12-6-8-16-9-7-12/h2-9,11,17H,10H2,1H3/t11-/m0/s1. The lowest BCUT2D eigenvalue weighted by molar-refractivity contribution is 0.572. The predicted molar refractivity (Wildman–Crippen MR) is 73.6 cm³/mol. The number of hydrogen-bond donors (Lipinski definition) is 1. The molecule has 0 saturated carbocycles. The van der Waals surface area contributed by atoms with Crippen molar-refractivity contribution in [1.82, 2.24) is 10.3 Å². The maximum Gasteiger partial charge on any atom is 0.0306 e. The van der Waals surface area contributed by atoms with Gasteiger partial charge in [-0.2, -0.15) is 0 Å². The second kappa shape index (κ2) is 5.94. The van der Waals surface area contributed by atoms with Crippen molar-refractivity contribution in [3.05, 3.63) is 64.4 Å². The molecule has 88 valence electrons. The first-order chi connectivity index (χ1) is 8.27. The minimum absolute atomic E-state index is 0.318. The lowest BCUT2D eigenvalue weighted by Gasteiger charge is -2.15. The van der Waals surface area contributed by atoms with Crippen molar-refractivity contribution >= 4 is 15.9 Å². The number of nitrogens with zero attached hydrogens (tertiary/aromatic N) is 1. The molecule has 0 aliphatic heterocycles. The van der Waals surface area contributed by atoms with Gasteiger partial charge in [0.2, 0.25) is 0 Å². The molecule has 0 amide bonds. The van der Waals surface area contributed by atoms with Gasteiger partial charge in [0.25, 0.3) is 0 Å². The Kier molecular flexibility index (Phi) is 4.29. The van der Waals surface area contributed by atoms with Gasteiger partial charge in [-0.25, -0.2) is 0 Å². The molecule has 0 fully saturated rings. The summed E-state index contributed by atoms with van der Waals surface area (Å²) < 4.78 is 1.15. The SMILES string of the molecule is C[C@H](NCc1ccncc1)c1ccccc1Br. The number of hydrogen-bond acceptors (Lipinski definition) is 2. The van der Waals surface area contributed by atoms with E-state index in [2.05, 4.69) is 51.4 Å². The maximum absolute atomic E-state index is 4.01. The molecule has 1 N–H and O–H groups in total. The van der Waals surface area contributed by atoms with Gasteiger partial charge < -0.3 is 5.32 Å². The zero-order valence-corrected chi connectivity index (χ0v) is 11.3. The molecule has 0 bridgehead atoms. The lowest BCUT2D eigenvalue weighted by atomic mass is 10.1. The summed E-state index contributed by atoms with van der Waals surface area (Å²) in [6.45, 7) is 3.02. The van der Waals surface area contributed by atoms with E-state index in [-0.39, 0.29) is 0 Å². The number of nitrogens with one attached hydrogen (secondary N) is 1. The van der Waals surface area contributed by atoms with Crippen LogP contribution < -0.4 is 5.32 Å². The fourth-order valence-electron chi connectivity index (χ4n) is 1.71. The zero-order valence-electron chi connectivity index (χ0n) is 9.73. The van der Waals surface area contributed by atoms with Crippen molar-refractivity contribution in [3.63, 3.8) is 0 Å². The summed E-state index contributed by atoms with van der Waals surface area (Å²) >= 11 is 3.57. The molecule has 0 radical (unpaired) electrons. The van der Waals surface area contributed by atoms with Gasteiger partial charge in [0.15, 0.2) is 0 Å². The Morgan fingerprint density at radius 1 is 1.18 bits per heavy atom. The van der Waals surface area contributed by atoms with E-state index in [0.29, 0.717) is 6.04 Å². The third-order valence-corrected chi connectivity index (χ3v) is 3.46. The average molecular weight is 291 g/mol. The van der Waals surface area contributed by atoms with E-state index in [1.807, 2.05) is 30.6 Å². The van der Waals surface area contributed by atoms with Crippen molar-refractivity contribution in [3.8, 4) is 0 Å². The largest absolute Gasteiger partial charge is 0.306 e. The highest BCUT2D eigenvalue weighted by molar-refractivity contribution is 9.10. The van der Waals surface area contributed by atoms with Crippen LogP contribution in [0.25, 0.3) is 0 Å². The summed E-state index contributed by atoms with van der Waals surface area (Å²) in [5.74, 6) is 0. The van der Waals surface area contributed by atoms with Gasteiger partial charge in [0, 0.05) is 29.5 Å². The van der Waals surface area contributed by atoms with E-state index in [9.17, 15) is 0 Å². The van der Waals surface area contributed by atoms with Gasteiger partial charge in [0.1, 0.15) is 0 Å². The van der Waals surface area contributed by atoms with Crippen molar-refractivity contribution < 1.29 is 0 Å². The molecule has 1 aromatic heterocycles. The van der Waals surface area contributed by atoms with Crippen molar-refractivity contribution in [2.45, 2.75) is 19.5 Å². The highest BCUT2D eigenvalue weighted by Crippen LogP contribution is 2.22. The molecule has 1 heterocycles. The van der Waals surface area contributed by atoms with Crippen LogP contribution in [0.5, 0.6) is 0 Å². The topological polar surface area (TPSA) is 24.9 Å². The van der Waals surface area contributed by atoms with Crippen LogP contribution in [0, 0.1) is 0 Å². The molecule has 1 atom stereocenters. The lowest BCUT2D eigenvalue weighted by Crippen LogP contribution is -2.18. The maximum atomic E-state index is 4.01. The van der Waals surface area contributed by atoms with Gasteiger partial charge in [-0.3, -0.25) is 4.98 Å². The molecule has 0 unspecified atom stereocenters. The summed E-state index contributed by atoms with van der Waals surface area (Å²) in [6, 6.07) is 12.7. The zero-order chi connectivity index (χ0) is 12.1. The smallest absolute Gasteiger partial charge is 0.0306 e. The van der Waals surface area contributed by atoms with Crippen LogP contribution in [0.3, 0.4) is 0 Å². The van der Waals surface area contributed by atoms with E-state index < -0.39 is 0 Å².